The first-order chi connectivity index (χ1) is 8.72. The van der Waals surface area contributed by atoms with Gasteiger partial charge in [-0.2, -0.15) is 5.10 Å². The van der Waals surface area contributed by atoms with Gasteiger partial charge in [-0.1, -0.05) is 34.1 Å². The van der Waals surface area contributed by atoms with Crippen LogP contribution in [-0.4, -0.2) is 27.4 Å². The van der Waals surface area contributed by atoms with Crippen molar-refractivity contribution in [2.75, 3.05) is 6.54 Å². The molecule has 1 rings (SSSR count). The summed E-state index contributed by atoms with van der Waals surface area (Å²) >= 11 is 0. The Morgan fingerprint density at radius 1 is 1.28 bits per heavy atom. The molecule has 0 aromatic carbocycles. The van der Waals surface area contributed by atoms with Crippen molar-refractivity contribution in [3.8, 4) is 0 Å². The Bertz CT molecular complexity index is 321. The number of hydrogen-bond acceptors (Lipinski definition) is 3. The molecule has 2 unspecified atom stereocenters. The average Bonchev–Trinajstić information content (AvgIpc) is 2.81. The third-order valence-electron chi connectivity index (χ3n) is 3.52. The highest BCUT2D eigenvalue weighted by Crippen LogP contribution is 2.12. The van der Waals surface area contributed by atoms with Gasteiger partial charge in [0.2, 0.25) is 0 Å². The van der Waals surface area contributed by atoms with Gasteiger partial charge in [0, 0.05) is 19.0 Å². The van der Waals surface area contributed by atoms with E-state index in [2.05, 4.69) is 43.1 Å². The molecule has 0 spiro atoms. The van der Waals surface area contributed by atoms with Crippen LogP contribution in [0.4, 0.5) is 0 Å². The van der Waals surface area contributed by atoms with Crippen LogP contribution in [0.25, 0.3) is 0 Å². The van der Waals surface area contributed by atoms with Gasteiger partial charge in [0.25, 0.3) is 0 Å². The molecule has 0 saturated heterocycles. The van der Waals surface area contributed by atoms with E-state index in [1.165, 1.54) is 12.8 Å². The van der Waals surface area contributed by atoms with E-state index >= 15 is 0 Å². The van der Waals surface area contributed by atoms with Gasteiger partial charge in [0.05, 0.1) is 0 Å². The largest absolute Gasteiger partial charge is 0.313 e. The third kappa shape index (κ3) is 4.41. The van der Waals surface area contributed by atoms with Crippen molar-refractivity contribution < 1.29 is 0 Å². The first kappa shape index (κ1) is 15.2. The summed E-state index contributed by atoms with van der Waals surface area (Å²) in [5.74, 6) is 1.79. The standard InChI is InChI=1S/C14H28N4/c1-5-8-15-13(12(4)7-3)10-14-16-11-17-18(14)9-6-2/h11-13,15H,5-10H2,1-4H3. The first-order valence-corrected chi connectivity index (χ1v) is 7.32. The maximum atomic E-state index is 4.41. The molecule has 2 atom stereocenters. The lowest BCUT2D eigenvalue weighted by atomic mass is 9.96. The Balaban J connectivity index is 2.65. The molecule has 0 aliphatic rings. The van der Waals surface area contributed by atoms with E-state index in [9.17, 15) is 0 Å². The van der Waals surface area contributed by atoms with Crippen LogP contribution >= 0.6 is 0 Å². The molecule has 1 heterocycles. The van der Waals surface area contributed by atoms with Crippen LogP contribution in [0.15, 0.2) is 6.33 Å². The summed E-state index contributed by atoms with van der Waals surface area (Å²) in [6.45, 7) is 11.0. The van der Waals surface area contributed by atoms with Crippen LogP contribution in [0.2, 0.25) is 0 Å². The molecule has 0 aliphatic heterocycles. The number of aromatic nitrogens is 3. The Hall–Kier alpha value is -0.900. The van der Waals surface area contributed by atoms with E-state index in [-0.39, 0.29) is 0 Å². The SMILES string of the molecule is CCCNC(Cc1ncnn1CCC)C(C)CC. The minimum absolute atomic E-state index is 0.509. The van der Waals surface area contributed by atoms with E-state index in [0.717, 1.165) is 31.8 Å². The molecule has 1 aromatic heterocycles. The number of nitrogens with one attached hydrogen (secondary N) is 1. The predicted molar refractivity (Wildman–Crippen MR) is 75.6 cm³/mol. The van der Waals surface area contributed by atoms with Crippen molar-refractivity contribution >= 4 is 0 Å². The van der Waals surface area contributed by atoms with Crippen LogP contribution < -0.4 is 5.32 Å². The van der Waals surface area contributed by atoms with Crippen molar-refractivity contribution in [1.29, 1.82) is 0 Å². The second-order valence-electron chi connectivity index (χ2n) is 5.05. The summed E-state index contributed by atoms with van der Waals surface area (Å²) in [5.41, 5.74) is 0. The maximum Gasteiger partial charge on any atom is 0.138 e. The van der Waals surface area contributed by atoms with E-state index in [4.69, 9.17) is 0 Å². The van der Waals surface area contributed by atoms with Crippen LogP contribution in [0.3, 0.4) is 0 Å². The predicted octanol–water partition coefficient (Wildman–Crippen LogP) is 2.64. The minimum Gasteiger partial charge on any atom is -0.313 e. The van der Waals surface area contributed by atoms with Crippen molar-refractivity contribution in [2.45, 2.75) is 66.0 Å². The maximum absolute atomic E-state index is 4.41. The summed E-state index contributed by atoms with van der Waals surface area (Å²) in [4.78, 5) is 4.41. The lowest BCUT2D eigenvalue weighted by Crippen LogP contribution is -2.38. The highest BCUT2D eigenvalue weighted by molar-refractivity contribution is 4.91. The molecule has 1 aromatic rings. The van der Waals surface area contributed by atoms with Crippen molar-refractivity contribution in [2.24, 2.45) is 5.92 Å². The van der Waals surface area contributed by atoms with Crippen LogP contribution in [0.5, 0.6) is 0 Å². The molecule has 0 amide bonds. The van der Waals surface area contributed by atoms with Crippen LogP contribution in [0, 0.1) is 5.92 Å². The van der Waals surface area contributed by atoms with Gasteiger partial charge in [-0.3, -0.25) is 4.68 Å². The summed E-state index contributed by atoms with van der Waals surface area (Å²) < 4.78 is 2.04. The molecule has 104 valence electrons. The Kier molecular flexibility index (Phi) is 6.94. The fourth-order valence-electron chi connectivity index (χ4n) is 2.13. The molecule has 0 bridgehead atoms. The van der Waals surface area contributed by atoms with Gasteiger partial charge in [0.15, 0.2) is 0 Å². The van der Waals surface area contributed by atoms with Crippen molar-refractivity contribution in [3.63, 3.8) is 0 Å². The second kappa shape index (κ2) is 8.25. The highest BCUT2D eigenvalue weighted by Gasteiger charge is 2.18. The zero-order chi connectivity index (χ0) is 13.4. The van der Waals surface area contributed by atoms with Crippen LogP contribution in [-0.2, 0) is 13.0 Å². The van der Waals surface area contributed by atoms with Gasteiger partial charge in [-0.05, 0) is 25.3 Å². The summed E-state index contributed by atoms with van der Waals surface area (Å²) in [6, 6.07) is 0.509. The second-order valence-corrected chi connectivity index (χ2v) is 5.05. The minimum atomic E-state index is 0.509. The summed E-state index contributed by atoms with van der Waals surface area (Å²) in [6.07, 6.45) is 6.14. The van der Waals surface area contributed by atoms with E-state index in [1.54, 1.807) is 6.33 Å². The molecular formula is C14H28N4. The van der Waals surface area contributed by atoms with Crippen molar-refractivity contribution in [3.05, 3.63) is 12.2 Å². The van der Waals surface area contributed by atoms with Crippen LogP contribution in [0.1, 0.15) is 52.8 Å². The molecule has 4 heteroatoms. The Morgan fingerprint density at radius 2 is 2.06 bits per heavy atom. The van der Waals surface area contributed by atoms with E-state index in [0.29, 0.717) is 12.0 Å². The quantitative estimate of drug-likeness (QED) is 0.734. The molecule has 1 N–H and O–H groups in total. The molecule has 0 aliphatic carbocycles. The van der Waals surface area contributed by atoms with Gasteiger partial charge in [-0.15, -0.1) is 0 Å². The normalized spacial score (nSPS) is 14.7. The molecule has 4 nitrogen and oxygen atoms in total. The summed E-state index contributed by atoms with van der Waals surface area (Å²) in [7, 11) is 0. The lowest BCUT2D eigenvalue weighted by molar-refractivity contribution is 0.354. The zero-order valence-corrected chi connectivity index (χ0v) is 12.3. The molecule has 18 heavy (non-hydrogen) atoms. The number of rotatable bonds is 9. The smallest absolute Gasteiger partial charge is 0.138 e. The Morgan fingerprint density at radius 3 is 2.67 bits per heavy atom. The highest BCUT2D eigenvalue weighted by atomic mass is 15.3. The third-order valence-corrected chi connectivity index (χ3v) is 3.52. The fourth-order valence-corrected chi connectivity index (χ4v) is 2.13. The summed E-state index contributed by atoms with van der Waals surface area (Å²) in [5, 5.41) is 7.95. The number of aryl methyl sites for hydroxylation is 1. The number of nitrogens with zero attached hydrogens (tertiary/aromatic N) is 3. The van der Waals surface area contributed by atoms with Gasteiger partial charge >= 0.3 is 0 Å². The monoisotopic (exact) mass is 252 g/mol. The molecule has 0 saturated carbocycles. The molecule has 0 radical (unpaired) electrons. The first-order valence-electron chi connectivity index (χ1n) is 7.32. The average molecular weight is 252 g/mol. The zero-order valence-electron chi connectivity index (χ0n) is 12.3. The van der Waals surface area contributed by atoms with E-state index in [1.807, 2.05) is 4.68 Å². The van der Waals surface area contributed by atoms with Gasteiger partial charge in [0.1, 0.15) is 12.2 Å². The topological polar surface area (TPSA) is 42.7 Å². The molecule has 0 fully saturated rings. The van der Waals surface area contributed by atoms with Gasteiger partial charge < -0.3 is 5.32 Å². The van der Waals surface area contributed by atoms with Gasteiger partial charge in [-0.25, -0.2) is 4.98 Å². The lowest BCUT2D eigenvalue weighted by Gasteiger charge is -2.24. The number of hydrogen-bond donors (Lipinski definition) is 1. The fraction of sp³-hybridized carbons (Fsp3) is 0.857. The molecular weight excluding hydrogens is 224 g/mol. The van der Waals surface area contributed by atoms with Crippen molar-refractivity contribution in [1.82, 2.24) is 20.1 Å². The van der Waals surface area contributed by atoms with E-state index < -0.39 is 0 Å². The Labute approximate surface area is 111 Å².